The lowest BCUT2D eigenvalue weighted by Gasteiger charge is -2.17. The van der Waals surface area contributed by atoms with Gasteiger partial charge in [-0.3, -0.25) is 9.59 Å². The molecule has 0 spiro atoms. The second-order valence-electron chi connectivity index (χ2n) is 5.35. The van der Waals surface area contributed by atoms with E-state index < -0.39 is 28.3 Å². The fourth-order valence-electron chi connectivity index (χ4n) is 2.41. The van der Waals surface area contributed by atoms with Crippen molar-refractivity contribution in [3.05, 3.63) is 33.3 Å². The molecule has 0 saturated carbocycles. The van der Waals surface area contributed by atoms with Crippen LogP contribution in [0.3, 0.4) is 0 Å². The second-order valence-corrected chi connectivity index (χ2v) is 6.11. The van der Waals surface area contributed by atoms with Crippen LogP contribution in [0.25, 0.3) is 0 Å². The van der Waals surface area contributed by atoms with Gasteiger partial charge in [0.2, 0.25) is 0 Å². The third kappa shape index (κ3) is 3.79. The first-order chi connectivity index (χ1) is 10.8. The molecule has 5 nitrogen and oxygen atoms in total. The van der Waals surface area contributed by atoms with E-state index in [0.29, 0.717) is 12.8 Å². The molecule has 0 saturated heterocycles. The van der Waals surface area contributed by atoms with E-state index in [0.717, 1.165) is 6.42 Å². The lowest BCUT2D eigenvalue weighted by atomic mass is 9.98. The van der Waals surface area contributed by atoms with Gasteiger partial charge in [0.15, 0.2) is 11.5 Å². The van der Waals surface area contributed by atoms with Gasteiger partial charge in [0.25, 0.3) is 0 Å². The number of esters is 1. The Balaban J connectivity index is 2.60. The van der Waals surface area contributed by atoms with Crippen LogP contribution in [-0.4, -0.2) is 28.1 Å². The Morgan fingerprint density at radius 3 is 2.57 bits per heavy atom. The van der Waals surface area contributed by atoms with Gasteiger partial charge in [-0.05, 0) is 32.3 Å². The number of hydrogen-bond donors (Lipinski definition) is 2. The van der Waals surface area contributed by atoms with E-state index in [-0.39, 0.29) is 28.7 Å². The molecular formula is C16H16Cl2O5. The number of aromatic hydroxyl groups is 2. The molecule has 1 aliphatic rings. The van der Waals surface area contributed by atoms with Gasteiger partial charge in [-0.25, -0.2) is 0 Å². The highest BCUT2D eigenvalue weighted by atomic mass is 35.5. The van der Waals surface area contributed by atoms with E-state index in [2.05, 4.69) is 0 Å². The van der Waals surface area contributed by atoms with Crippen molar-refractivity contribution in [2.45, 2.75) is 38.7 Å². The molecule has 7 heteroatoms. The molecule has 1 aliphatic heterocycles. The van der Waals surface area contributed by atoms with Gasteiger partial charge in [0.05, 0.1) is 23.1 Å². The molecule has 1 aromatic rings. The minimum atomic E-state index is -0.601. The highest BCUT2D eigenvalue weighted by Crippen LogP contribution is 2.44. The fourth-order valence-corrected chi connectivity index (χ4v) is 2.90. The Labute approximate surface area is 143 Å². The Morgan fingerprint density at radius 1 is 1.17 bits per heavy atom. The van der Waals surface area contributed by atoms with Gasteiger partial charge in [-0.2, -0.15) is 0 Å². The van der Waals surface area contributed by atoms with Crippen LogP contribution >= 0.6 is 23.2 Å². The molecule has 23 heavy (non-hydrogen) atoms. The van der Waals surface area contributed by atoms with Crippen molar-refractivity contribution in [1.29, 1.82) is 0 Å². The lowest BCUT2D eigenvalue weighted by Crippen LogP contribution is -2.18. The number of carbonyl (C=O) groups excluding carboxylic acids is 2. The number of fused-ring (bicyclic) bond motifs is 1. The van der Waals surface area contributed by atoms with Crippen LogP contribution in [0.2, 0.25) is 10.0 Å². The van der Waals surface area contributed by atoms with E-state index >= 15 is 0 Å². The van der Waals surface area contributed by atoms with Crippen molar-refractivity contribution < 1.29 is 24.5 Å². The maximum Gasteiger partial charge on any atom is 0.310 e. The van der Waals surface area contributed by atoms with Crippen molar-refractivity contribution in [3.63, 3.8) is 0 Å². The van der Waals surface area contributed by atoms with E-state index in [1.165, 1.54) is 6.08 Å². The Morgan fingerprint density at radius 2 is 1.87 bits per heavy atom. The van der Waals surface area contributed by atoms with Crippen molar-refractivity contribution >= 4 is 35.0 Å². The minimum Gasteiger partial charge on any atom is -0.505 e. The average Bonchev–Trinajstić information content (AvgIpc) is 2.49. The summed E-state index contributed by atoms with van der Waals surface area (Å²) in [5.41, 5.74) is -0.197. The number of phenols is 2. The zero-order valence-corrected chi connectivity index (χ0v) is 13.9. The highest BCUT2D eigenvalue weighted by molar-refractivity contribution is 6.39. The summed E-state index contributed by atoms with van der Waals surface area (Å²) in [6, 6.07) is 0. The van der Waals surface area contributed by atoms with Crippen LogP contribution in [0.1, 0.15) is 42.1 Å². The molecule has 0 unspecified atom stereocenters. The lowest BCUT2D eigenvalue weighted by molar-refractivity contribution is -0.147. The normalized spacial score (nSPS) is 19.5. The summed E-state index contributed by atoms with van der Waals surface area (Å²) in [6.45, 7) is 1.78. The summed E-state index contributed by atoms with van der Waals surface area (Å²) in [7, 11) is 0. The van der Waals surface area contributed by atoms with Gasteiger partial charge < -0.3 is 14.9 Å². The number of benzene rings is 1. The van der Waals surface area contributed by atoms with E-state index in [1.54, 1.807) is 13.0 Å². The zero-order chi connectivity index (χ0) is 17.1. The van der Waals surface area contributed by atoms with Crippen molar-refractivity contribution in [1.82, 2.24) is 0 Å². The number of cyclic esters (lactones) is 1. The summed E-state index contributed by atoms with van der Waals surface area (Å²) in [6.07, 6.45) is 4.41. The van der Waals surface area contributed by atoms with Crippen LogP contribution in [0, 0.1) is 0 Å². The Bertz CT molecular complexity index is 682. The third-order valence-corrected chi connectivity index (χ3v) is 4.34. The molecule has 2 N–H and O–H groups in total. The monoisotopic (exact) mass is 358 g/mol. The maximum absolute atomic E-state index is 12.3. The molecule has 0 aromatic heterocycles. The molecule has 0 aliphatic carbocycles. The highest BCUT2D eigenvalue weighted by Gasteiger charge is 2.27. The summed E-state index contributed by atoms with van der Waals surface area (Å²) < 4.78 is 5.25. The van der Waals surface area contributed by atoms with Gasteiger partial charge in [0.1, 0.15) is 10.8 Å². The Kier molecular flexibility index (Phi) is 5.55. The molecule has 0 amide bonds. The fraction of sp³-hybridized carbons (Fsp3) is 0.375. The molecule has 0 fully saturated rings. The van der Waals surface area contributed by atoms with Crippen molar-refractivity contribution in [2.75, 3.05) is 0 Å². The zero-order valence-electron chi connectivity index (χ0n) is 12.4. The van der Waals surface area contributed by atoms with Gasteiger partial charge in [0, 0.05) is 5.56 Å². The van der Waals surface area contributed by atoms with E-state index in [9.17, 15) is 19.8 Å². The number of ketones is 1. The minimum absolute atomic E-state index is 0.00140. The molecule has 1 aromatic carbocycles. The largest absolute Gasteiger partial charge is 0.505 e. The van der Waals surface area contributed by atoms with Crippen molar-refractivity contribution in [3.8, 4) is 11.5 Å². The first-order valence-electron chi connectivity index (χ1n) is 7.15. The summed E-state index contributed by atoms with van der Waals surface area (Å²) in [4.78, 5) is 24.4. The average molecular weight is 359 g/mol. The van der Waals surface area contributed by atoms with Gasteiger partial charge in [-0.1, -0.05) is 29.3 Å². The maximum atomic E-state index is 12.3. The predicted octanol–water partition coefficient (Wildman–Crippen LogP) is 3.80. The summed E-state index contributed by atoms with van der Waals surface area (Å²) in [5, 5.41) is 19.3. The molecule has 124 valence electrons. The summed E-state index contributed by atoms with van der Waals surface area (Å²) in [5.74, 6) is -2.31. The van der Waals surface area contributed by atoms with Crippen LogP contribution < -0.4 is 0 Å². The van der Waals surface area contributed by atoms with Gasteiger partial charge in [-0.15, -0.1) is 0 Å². The first-order valence-corrected chi connectivity index (χ1v) is 7.90. The van der Waals surface area contributed by atoms with Crippen LogP contribution in [0.4, 0.5) is 0 Å². The standard InChI is InChI=1S/C16H16Cl2O5/c1-8-5-3-2-4-6-10(19)12-9(7-11(20)23-8)13(17)16(22)14(18)15(12)21/h4,6,8,21-22H,2-3,5,7H2,1H3/t8-/m0/s1. The van der Waals surface area contributed by atoms with Crippen LogP contribution in [-0.2, 0) is 16.0 Å². The number of phenolic OH excluding ortho intramolecular Hbond substituents is 2. The first kappa shape index (κ1) is 17.6. The SMILES string of the molecule is C[C@H]1CCCC=CC(=O)c2c(O)c(Cl)c(O)c(Cl)c2CC(=O)O1. The molecule has 0 bridgehead atoms. The smallest absolute Gasteiger partial charge is 0.310 e. The number of allylic oxidation sites excluding steroid dienone is 2. The quantitative estimate of drug-likeness (QED) is 0.689. The van der Waals surface area contributed by atoms with Crippen LogP contribution in [0.15, 0.2) is 12.2 Å². The topological polar surface area (TPSA) is 83.8 Å². The van der Waals surface area contributed by atoms with Gasteiger partial charge >= 0.3 is 5.97 Å². The van der Waals surface area contributed by atoms with E-state index in [1.807, 2.05) is 0 Å². The third-order valence-electron chi connectivity index (χ3n) is 3.58. The molecular weight excluding hydrogens is 343 g/mol. The number of ether oxygens (including phenoxy) is 1. The number of hydrogen-bond acceptors (Lipinski definition) is 5. The summed E-state index contributed by atoms with van der Waals surface area (Å²) >= 11 is 11.8. The second kappa shape index (κ2) is 7.23. The molecule has 1 atom stereocenters. The molecule has 2 rings (SSSR count). The van der Waals surface area contributed by atoms with Crippen LogP contribution in [0.5, 0.6) is 11.5 Å². The number of carbonyl (C=O) groups is 2. The predicted molar refractivity (Wildman–Crippen MR) is 86.4 cm³/mol. The molecule has 0 radical (unpaired) electrons. The number of halogens is 2. The number of rotatable bonds is 0. The molecule has 1 heterocycles. The van der Waals surface area contributed by atoms with Crippen molar-refractivity contribution in [2.24, 2.45) is 0 Å². The van der Waals surface area contributed by atoms with E-state index in [4.69, 9.17) is 27.9 Å². The Hall–Kier alpha value is -1.72.